The standard InChI is InChI=1S/C12H18O6/c1-7-5-10(17-9(3)14)11(6-16-8(2)13)18-12(7)15-4/h5,10-12H,6H2,1-4H3/t10-,11+,12-/m0/s1. The Balaban J connectivity index is 2.75. The van der Waals surface area contributed by atoms with Gasteiger partial charge in [0.25, 0.3) is 0 Å². The molecule has 1 aliphatic rings. The van der Waals surface area contributed by atoms with Gasteiger partial charge < -0.3 is 18.9 Å². The number of ether oxygens (including phenoxy) is 4. The normalized spacial score (nSPS) is 27.3. The van der Waals surface area contributed by atoms with Gasteiger partial charge in [-0.1, -0.05) is 0 Å². The van der Waals surface area contributed by atoms with E-state index in [1.54, 1.807) is 6.08 Å². The van der Waals surface area contributed by atoms with Crippen LogP contribution in [-0.4, -0.2) is 44.2 Å². The molecule has 0 saturated heterocycles. The molecule has 0 aromatic rings. The van der Waals surface area contributed by atoms with Gasteiger partial charge in [-0.05, 0) is 18.6 Å². The number of rotatable bonds is 4. The molecule has 0 amide bonds. The van der Waals surface area contributed by atoms with Crippen LogP contribution >= 0.6 is 0 Å². The van der Waals surface area contributed by atoms with E-state index < -0.39 is 30.4 Å². The summed E-state index contributed by atoms with van der Waals surface area (Å²) < 4.78 is 20.7. The number of carbonyl (C=O) groups excluding carboxylic acids is 2. The molecule has 0 N–H and O–H groups in total. The summed E-state index contributed by atoms with van der Waals surface area (Å²) in [6.07, 6.45) is 0.0878. The predicted octanol–water partition coefficient (Wildman–Crippen LogP) is 0.799. The number of hydrogen-bond donors (Lipinski definition) is 0. The summed E-state index contributed by atoms with van der Waals surface area (Å²) >= 11 is 0. The van der Waals surface area contributed by atoms with Gasteiger partial charge in [-0.25, -0.2) is 0 Å². The Morgan fingerprint density at radius 3 is 2.50 bits per heavy atom. The van der Waals surface area contributed by atoms with Crippen molar-refractivity contribution in [2.45, 2.75) is 39.3 Å². The zero-order chi connectivity index (χ0) is 13.7. The van der Waals surface area contributed by atoms with Crippen molar-refractivity contribution < 1.29 is 28.5 Å². The van der Waals surface area contributed by atoms with E-state index in [1.165, 1.54) is 21.0 Å². The van der Waals surface area contributed by atoms with Gasteiger partial charge in [-0.3, -0.25) is 9.59 Å². The van der Waals surface area contributed by atoms with Crippen LogP contribution in [0.4, 0.5) is 0 Å². The maximum Gasteiger partial charge on any atom is 0.303 e. The average Bonchev–Trinajstić information content (AvgIpc) is 2.27. The first-order valence-corrected chi connectivity index (χ1v) is 5.61. The van der Waals surface area contributed by atoms with Crippen LogP contribution in [0.25, 0.3) is 0 Å². The highest BCUT2D eigenvalue weighted by molar-refractivity contribution is 5.67. The van der Waals surface area contributed by atoms with Crippen molar-refractivity contribution in [2.75, 3.05) is 13.7 Å². The minimum absolute atomic E-state index is 0.0108. The van der Waals surface area contributed by atoms with Crippen molar-refractivity contribution in [1.82, 2.24) is 0 Å². The Bertz CT molecular complexity index is 348. The molecular formula is C12H18O6. The number of esters is 2. The largest absolute Gasteiger partial charge is 0.463 e. The molecule has 0 aliphatic carbocycles. The lowest BCUT2D eigenvalue weighted by atomic mass is 10.1. The van der Waals surface area contributed by atoms with Crippen LogP contribution in [0.3, 0.4) is 0 Å². The van der Waals surface area contributed by atoms with Gasteiger partial charge in [0, 0.05) is 21.0 Å². The molecule has 0 unspecified atom stereocenters. The summed E-state index contributed by atoms with van der Waals surface area (Å²) in [5.41, 5.74) is 0.808. The fourth-order valence-corrected chi connectivity index (χ4v) is 1.67. The van der Waals surface area contributed by atoms with E-state index in [-0.39, 0.29) is 6.61 Å². The molecule has 1 rings (SSSR count). The molecule has 0 saturated carbocycles. The third-order valence-corrected chi connectivity index (χ3v) is 2.43. The predicted molar refractivity (Wildman–Crippen MR) is 61.6 cm³/mol. The number of carbonyl (C=O) groups is 2. The number of methoxy groups -OCH3 is 1. The van der Waals surface area contributed by atoms with E-state index in [0.29, 0.717) is 0 Å². The molecular weight excluding hydrogens is 240 g/mol. The summed E-state index contributed by atoms with van der Waals surface area (Å²) in [5, 5.41) is 0. The Morgan fingerprint density at radius 2 is 2.00 bits per heavy atom. The molecule has 6 nitrogen and oxygen atoms in total. The molecule has 3 atom stereocenters. The zero-order valence-electron chi connectivity index (χ0n) is 11.0. The smallest absolute Gasteiger partial charge is 0.303 e. The molecule has 1 aliphatic heterocycles. The van der Waals surface area contributed by atoms with E-state index in [0.717, 1.165) is 5.57 Å². The highest BCUT2D eigenvalue weighted by Gasteiger charge is 2.33. The maximum absolute atomic E-state index is 11.0. The van der Waals surface area contributed by atoms with Crippen LogP contribution in [0.15, 0.2) is 11.6 Å². The molecule has 0 spiro atoms. The van der Waals surface area contributed by atoms with Gasteiger partial charge in [0.15, 0.2) is 6.29 Å². The van der Waals surface area contributed by atoms with Gasteiger partial charge in [-0.15, -0.1) is 0 Å². The average molecular weight is 258 g/mol. The molecule has 102 valence electrons. The van der Waals surface area contributed by atoms with E-state index >= 15 is 0 Å². The van der Waals surface area contributed by atoms with Crippen LogP contribution in [0.1, 0.15) is 20.8 Å². The summed E-state index contributed by atoms with van der Waals surface area (Å²) in [7, 11) is 1.51. The van der Waals surface area contributed by atoms with E-state index in [4.69, 9.17) is 18.9 Å². The van der Waals surface area contributed by atoms with E-state index in [2.05, 4.69) is 0 Å². The Hall–Kier alpha value is -1.40. The second-order valence-corrected chi connectivity index (χ2v) is 4.03. The minimum Gasteiger partial charge on any atom is -0.463 e. The molecule has 6 heteroatoms. The summed E-state index contributed by atoms with van der Waals surface area (Å²) in [4.78, 5) is 21.8. The van der Waals surface area contributed by atoms with Crippen LogP contribution < -0.4 is 0 Å². The van der Waals surface area contributed by atoms with E-state index in [1.807, 2.05) is 6.92 Å². The van der Waals surface area contributed by atoms with Crippen LogP contribution in [0, 0.1) is 0 Å². The lowest BCUT2D eigenvalue weighted by Crippen LogP contribution is -2.43. The Kier molecular flexibility index (Phi) is 5.30. The fraction of sp³-hybridized carbons (Fsp3) is 0.667. The quantitative estimate of drug-likeness (QED) is 0.548. The molecule has 0 radical (unpaired) electrons. The summed E-state index contributed by atoms with van der Waals surface area (Å²) in [5.74, 6) is -0.836. The Morgan fingerprint density at radius 1 is 1.33 bits per heavy atom. The molecule has 18 heavy (non-hydrogen) atoms. The highest BCUT2D eigenvalue weighted by Crippen LogP contribution is 2.22. The first-order chi connectivity index (χ1) is 8.43. The molecule has 0 aromatic carbocycles. The summed E-state index contributed by atoms with van der Waals surface area (Å²) in [6.45, 7) is 4.44. The first kappa shape index (κ1) is 14.7. The Labute approximate surface area is 106 Å². The van der Waals surface area contributed by atoms with Gasteiger partial charge in [0.05, 0.1) is 0 Å². The molecule has 0 fully saturated rings. The lowest BCUT2D eigenvalue weighted by molar-refractivity contribution is -0.194. The van der Waals surface area contributed by atoms with Crippen molar-refractivity contribution in [3.8, 4) is 0 Å². The van der Waals surface area contributed by atoms with Crippen molar-refractivity contribution in [3.63, 3.8) is 0 Å². The van der Waals surface area contributed by atoms with Gasteiger partial charge in [-0.2, -0.15) is 0 Å². The second-order valence-electron chi connectivity index (χ2n) is 4.03. The van der Waals surface area contributed by atoms with Crippen molar-refractivity contribution in [2.24, 2.45) is 0 Å². The zero-order valence-corrected chi connectivity index (χ0v) is 11.0. The fourth-order valence-electron chi connectivity index (χ4n) is 1.67. The van der Waals surface area contributed by atoms with Crippen molar-refractivity contribution in [1.29, 1.82) is 0 Å². The monoisotopic (exact) mass is 258 g/mol. The van der Waals surface area contributed by atoms with Crippen LogP contribution in [0.2, 0.25) is 0 Å². The maximum atomic E-state index is 11.0. The van der Waals surface area contributed by atoms with Crippen LogP contribution in [-0.2, 0) is 28.5 Å². The first-order valence-electron chi connectivity index (χ1n) is 5.61. The second kappa shape index (κ2) is 6.51. The van der Waals surface area contributed by atoms with Gasteiger partial charge >= 0.3 is 11.9 Å². The molecule has 0 aromatic heterocycles. The lowest BCUT2D eigenvalue weighted by Gasteiger charge is -2.33. The number of hydrogen-bond acceptors (Lipinski definition) is 6. The minimum atomic E-state index is -0.576. The summed E-state index contributed by atoms with van der Waals surface area (Å²) in [6, 6.07) is 0. The van der Waals surface area contributed by atoms with Crippen molar-refractivity contribution in [3.05, 3.63) is 11.6 Å². The van der Waals surface area contributed by atoms with Gasteiger partial charge in [0.2, 0.25) is 0 Å². The highest BCUT2D eigenvalue weighted by atomic mass is 16.7. The molecule has 0 bridgehead atoms. The SMILES string of the molecule is CO[C@H]1O[C@H](COC(C)=O)[C@@H](OC(C)=O)C=C1C. The van der Waals surface area contributed by atoms with Crippen LogP contribution in [0.5, 0.6) is 0 Å². The van der Waals surface area contributed by atoms with E-state index in [9.17, 15) is 9.59 Å². The van der Waals surface area contributed by atoms with Gasteiger partial charge in [0.1, 0.15) is 18.8 Å². The topological polar surface area (TPSA) is 71.1 Å². The third kappa shape index (κ3) is 4.12. The third-order valence-electron chi connectivity index (χ3n) is 2.43. The molecule has 1 heterocycles. The van der Waals surface area contributed by atoms with Crippen molar-refractivity contribution >= 4 is 11.9 Å².